The van der Waals surface area contributed by atoms with E-state index in [0.717, 1.165) is 12.1 Å². The van der Waals surface area contributed by atoms with Gasteiger partial charge in [-0.05, 0) is 31.2 Å². The molecule has 0 heterocycles. The molecular formula is C17H14Cl2FNO4. The lowest BCUT2D eigenvalue weighted by atomic mass is 10.2. The van der Waals surface area contributed by atoms with E-state index in [1.54, 1.807) is 24.3 Å². The molecule has 0 saturated carbocycles. The highest BCUT2D eigenvalue weighted by molar-refractivity contribution is 6.36. The van der Waals surface area contributed by atoms with Crippen molar-refractivity contribution in [1.29, 1.82) is 0 Å². The molecule has 1 N–H and O–H groups in total. The number of nitrogens with one attached hydrogen (secondary N) is 1. The van der Waals surface area contributed by atoms with Crippen LogP contribution in [0.2, 0.25) is 10.0 Å². The molecule has 0 aromatic heterocycles. The SMILES string of the molecule is COc1cccc(NC(=O)[C@@H](C)OC(=O)c2cc(F)c(Cl)cc2Cl)c1. The van der Waals surface area contributed by atoms with Crippen molar-refractivity contribution in [3.8, 4) is 5.75 Å². The van der Waals surface area contributed by atoms with Crippen LogP contribution in [0.3, 0.4) is 0 Å². The predicted molar refractivity (Wildman–Crippen MR) is 92.9 cm³/mol. The van der Waals surface area contributed by atoms with Crippen molar-refractivity contribution in [1.82, 2.24) is 0 Å². The summed E-state index contributed by atoms with van der Waals surface area (Å²) in [6.45, 7) is 1.38. The van der Waals surface area contributed by atoms with Crippen molar-refractivity contribution in [3.63, 3.8) is 0 Å². The number of carbonyl (C=O) groups excluding carboxylic acids is 2. The number of anilines is 1. The van der Waals surface area contributed by atoms with E-state index in [2.05, 4.69) is 5.32 Å². The number of methoxy groups -OCH3 is 1. The summed E-state index contributed by atoms with van der Waals surface area (Å²) in [5.41, 5.74) is 0.257. The van der Waals surface area contributed by atoms with Crippen molar-refractivity contribution < 1.29 is 23.5 Å². The summed E-state index contributed by atoms with van der Waals surface area (Å²) >= 11 is 11.4. The van der Waals surface area contributed by atoms with Gasteiger partial charge >= 0.3 is 5.97 Å². The molecule has 1 atom stereocenters. The Morgan fingerprint density at radius 1 is 1.16 bits per heavy atom. The molecule has 1 amide bonds. The van der Waals surface area contributed by atoms with Crippen LogP contribution in [0.4, 0.5) is 10.1 Å². The van der Waals surface area contributed by atoms with Crippen LogP contribution in [0.5, 0.6) is 5.75 Å². The number of carbonyl (C=O) groups is 2. The van der Waals surface area contributed by atoms with Crippen LogP contribution in [-0.4, -0.2) is 25.1 Å². The second-order valence-electron chi connectivity index (χ2n) is 5.01. The molecule has 5 nitrogen and oxygen atoms in total. The summed E-state index contributed by atoms with van der Waals surface area (Å²) in [6.07, 6.45) is -1.13. The van der Waals surface area contributed by atoms with Crippen LogP contribution in [0.1, 0.15) is 17.3 Å². The number of rotatable bonds is 5. The number of halogens is 3. The third-order valence-electron chi connectivity index (χ3n) is 3.22. The zero-order chi connectivity index (χ0) is 18.6. The van der Waals surface area contributed by atoms with Gasteiger partial charge in [0.25, 0.3) is 5.91 Å². The lowest BCUT2D eigenvalue weighted by Crippen LogP contribution is -2.30. The normalized spacial score (nSPS) is 11.6. The fraction of sp³-hybridized carbons (Fsp3) is 0.176. The lowest BCUT2D eigenvalue weighted by Gasteiger charge is -2.14. The molecule has 2 aromatic carbocycles. The predicted octanol–water partition coefficient (Wildman–Crippen LogP) is 4.33. The first kappa shape index (κ1) is 19.0. The van der Waals surface area contributed by atoms with Crippen molar-refractivity contribution in [2.24, 2.45) is 0 Å². The summed E-state index contributed by atoms with van der Waals surface area (Å²) < 4.78 is 23.6. The molecule has 2 aromatic rings. The topological polar surface area (TPSA) is 64.6 Å². The van der Waals surface area contributed by atoms with Crippen LogP contribution < -0.4 is 10.1 Å². The highest BCUT2D eigenvalue weighted by Crippen LogP contribution is 2.25. The van der Waals surface area contributed by atoms with E-state index in [-0.39, 0.29) is 15.6 Å². The van der Waals surface area contributed by atoms with Crippen LogP contribution in [0, 0.1) is 5.82 Å². The van der Waals surface area contributed by atoms with Crippen LogP contribution in [0.25, 0.3) is 0 Å². The second kappa shape index (κ2) is 8.18. The number of ether oxygens (including phenoxy) is 2. The first-order valence-electron chi connectivity index (χ1n) is 7.12. The van der Waals surface area contributed by atoms with Gasteiger partial charge in [-0.25, -0.2) is 9.18 Å². The van der Waals surface area contributed by atoms with E-state index in [0.29, 0.717) is 11.4 Å². The molecule has 0 aliphatic rings. The minimum Gasteiger partial charge on any atom is -0.497 e. The Hall–Kier alpha value is -2.31. The third kappa shape index (κ3) is 4.84. The Bertz CT molecular complexity index is 813. The number of hydrogen-bond acceptors (Lipinski definition) is 4. The van der Waals surface area contributed by atoms with Gasteiger partial charge in [0.1, 0.15) is 11.6 Å². The fourth-order valence-corrected chi connectivity index (χ4v) is 2.36. The highest BCUT2D eigenvalue weighted by Gasteiger charge is 2.22. The Kier molecular flexibility index (Phi) is 6.22. The number of esters is 1. The summed E-state index contributed by atoms with van der Waals surface area (Å²) in [4.78, 5) is 24.2. The van der Waals surface area contributed by atoms with Gasteiger partial charge in [0.15, 0.2) is 6.10 Å². The molecule has 2 rings (SSSR count). The molecule has 0 radical (unpaired) electrons. The number of hydrogen-bond donors (Lipinski definition) is 1. The Balaban J connectivity index is 2.05. The number of benzene rings is 2. The largest absolute Gasteiger partial charge is 0.497 e. The molecule has 0 saturated heterocycles. The van der Waals surface area contributed by atoms with Gasteiger partial charge < -0.3 is 14.8 Å². The molecule has 8 heteroatoms. The average Bonchev–Trinajstić information content (AvgIpc) is 2.58. The van der Waals surface area contributed by atoms with E-state index in [4.69, 9.17) is 32.7 Å². The lowest BCUT2D eigenvalue weighted by molar-refractivity contribution is -0.123. The molecule has 0 bridgehead atoms. The zero-order valence-electron chi connectivity index (χ0n) is 13.3. The molecule has 0 spiro atoms. The van der Waals surface area contributed by atoms with Gasteiger partial charge in [-0.15, -0.1) is 0 Å². The number of amides is 1. The van der Waals surface area contributed by atoms with Gasteiger partial charge in [0, 0.05) is 11.8 Å². The smallest absolute Gasteiger partial charge is 0.340 e. The molecule has 0 unspecified atom stereocenters. The average molecular weight is 386 g/mol. The maximum Gasteiger partial charge on any atom is 0.340 e. The molecule has 0 fully saturated rings. The first-order valence-corrected chi connectivity index (χ1v) is 7.88. The van der Waals surface area contributed by atoms with Crippen molar-refractivity contribution in [2.75, 3.05) is 12.4 Å². The van der Waals surface area contributed by atoms with E-state index in [1.165, 1.54) is 14.0 Å². The maximum atomic E-state index is 13.5. The highest BCUT2D eigenvalue weighted by atomic mass is 35.5. The van der Waals surface area contributed by atoms with Crippen molar-refractivity contribution in [3.05, 3.63) is 57.8 Å². The zero-order valence-corrected chi connectivity index (χ0v) is 14.8. The first-order chi connectivity index (χ1) is 11.8. The van der Waals surface area contributed by atoms with Gasteiger partial charge in [0.2, 0.25) is 0 Å². The van der Waals surface area contributed by atoms with Gasteiger partial charge in [-0.2, -0.15) is 0 Å². The van der Waals surface area contributed by atoms with Gasteiger partial charge in [-0.3, -0.25) is 4.79 Å². The van der Waals surface area contributed by atoms with Crippen molar-refractivity contribution >= 4 is 40.8 Å². The minimum atomic E-state index is -1.13. The van der Waals surface area contributed by atoms with Crippen molar-refractivity contribution in [2.45, 2.75) is 13.0 Å². The van der Waals surface area contributed by atoms with Crippen LogP contribution in [-0.2, 0) is 9.53 Å². The Labute approximate surface area is 153 Å². The summed E-state index contributed by atoms with van der Waals surface area (Å²) in [5, 5.41) is 2.29. The fourth-order valence-electron chi connectivity index (χ4n) is 1.90. The maximum absolute atomic E-state index is 13.5. The summed E-state index contributed by atoms with van der Waals surface area (Å²) in [5.74, 6) is -1.75. The Morgan fingerprint density at radius 3 is 2.56 bits per heavy atom. The van der Waals surface area contributed by atoms with Gasteiger partial charge in [-0.1, -0.05) is 29.3 Å². The molecule has 25 heavy (non-hydrogen) atoms. The molecular weight excluding hydrogens is 372 g/mol. The molecule has 0 aliphatic carbocycles. The second-order valence-corrected chi connectivity index (χ2v) is 5.83. The van der Waals surface area contributed by atoms with E-state index >= 15 is 0 Å². The van der Waals surface area contributed by atoms with E-state index in [9.17, 15) is 14.0 Å². The minimum absolute atomic E-state index is 0.0724. The molecule has 0 aliphatic heterocycles. The quantitative estimate of drug-likeness (QED) is 0.614. The van der Waals surface area contributed by atoms with E-state index in [1.807, 2.05) is 0 Å². The third-order valence-corrected chi connectivity index (χ3v) is 3.82. The summed E-state index contributed by atoms with van der Waals surface area (Å²) in [7, 11) is 1.50. The monoisotopic (exact) mass is 385 g/mol. The van der Waals surface area contributed by atoms with Gasteiger partial charge in [0.05, 0.1) is 22.7 Å². The van der Waals surface area contributed by atoms with Crippen LogP contribution in [0.15, 0.2) is 36.4 Å². The van der Waals surface area contributed by atoms with E-state index < -0.39 is 23.8 Å². The standard InChI is InChI=1S/C17H14Cl2FNO4/c1-9(16(22)21-10-4-3-5-11(6-10)24-2)25-17(23)12-7-15(20)14(19)8-13(12)18/h3-9H,1-2H3,(H,21,22)/t9-/m1/s1. The Morgan fingerprint density at radius 2 is 1.88 bits per heavy atom. The summed E-state index contributed by atoms with van der Waals surface area (Å²) in [6, 6.07) is 8.63. The van der Waals surface area contributed by atoms with Crippen LogP contribution >= 0.6 is 23.2 Å². The molecule has 132 valence electrons.